The minimum Gasteiger partial charge on any atom is -0.375 e. The van der Waals surface area contributed by atoms with Gasteiger partial charge in [0, 0.05) is 16.5 Å². The number of Topliss-reactive ketones (excluding diaryl/α,β-unsaturated/α-hetero) is 1. The SMILES string of the molecule is O=C(CCOCC(F)F)c1ccc(Br)cc1. The molecule has 0 heterocycles. The van der Waals surface area contributed by atoms with Crippen LogP contribution in [0.5, 0.6) is 0 Å². The molecule has 5 heteroatoms. The summed E-state index contributed by atoms with van der Waals surface area (Å²) in [6.07, 6.45) is -2.36. The van der Waals surface area contributed by atoms with Crippen LogP contribution in [-0.4, -0.2) is 25.4 Å². The average molecular weight is 293 g/mol. The van der Waals surface area contributed by atoms with E-state index in [1.54, 1.807) is 24.3 Å². The number of alkyl halides is 2. The molecule has 0 fully saturated rings. The molecular formula is C11H11BrF2O2. The molecule has 0 bridgehead atoms. The Bertz CT molecular complexity index is 338. The number of hydrogen-bond acceptors (Lipinski definition) is 2. The number of halogens is 3. The molecule has 16 heavy (non-hydrogen) atoms. The van der Waals surface area contributed by atoms with Gasteiger partial charge in [-0.3, -0.25) is 4.79 Å². The zero-order valence-corrected chi connectivity index (χ0v) is 10.0. The van der Waals surface area contributed by atoms with Gasteiger partial charge in [0.2, 0.25) is 0 Å². The number of carbonyl (C=O) groups excluding carboxylic acids is 1. The maximum atomic E-state index is 11.7. The van der Waals surface area contributed by atoms with E-state index in [2.05, 4.69) is 20.7 Å². The van der Waals surface area contributed by atoms with Crippen molar-refractivity contribution in [1.29, 1.82) is 0 Å². The Kier molecular flexibility index (Phi) is 5.55. The fraction of sp³-hybridized carbons (Fsp3) is 0.364. The molecule has 0 radical (unpaired) electrons. The van der Waals surface area contributed by atoms with Crippen molar-refractivity contribution in [1.82, 2.24) is 0 Å². The van der Waals surface area contributed by atoms with Crippen LogP contribution in [-0.2, 0) is 4.74 Å². The summed E-state index contributed by atoms with van der Waals surface area (Å²) in [6, 6.07) is 6.87. The Morgan fingerprint density at radius 1 is 1.31 bits per heavy atom. The fourth-order valence-electron chi connectivity index (χ4n) is 1.12. The lowest BCUT2D eigenvalue weighted by Crippen LogP contribution is -2.09. The summed E-state index contributed by atoms with van der Waals surface area (Å²) < 4.78 is 28.9. The molecule has 1 aromatic carbocycles. The van der Waals surface area contributed by atoms with Crippen molar-refractivity contribution in [3.8, 4) is 0 Å². The summed E-state index contributed by atoms with van der Waals surface area (Å²) in [5.74, 6) is -0.109. The smallest absolute Gasteiger partial charge is 0.261 e. The Hall–Kier alpha value is -0.810. The van der Waals surface area contributed by atoms with Crippen LogP contribution in [0.1, 0.15) is 16.8 Å². The van der Waals surface area contributed by atoms with Crippen LogP contribution < -0.4 is 0 Å². The molecule has 0 saturated carbocycles. The Balaban J connectivity index is 2.32. The third-order valence-electron chi connectivity index (χ3n) is 1.88. The first kappa shape index (κ1) is 13.3. The van der Waals surface area contributed by atoms with Crippen LogP contribution in [0.4, 0.5) is 8.78 Å². The van der Waals surface area contributed by atoms with E-state index in [-0.39, 0.29) is 18.8 Å². The largest absolute Gasteiger partial charge is 0.375 e. The maximum absolute atomic E-state index is 11.7. The van der Waals surface area contributed by atoms with Gasteiger partial charge in [-0.05, 0) is 12.1 Å². The van der Waals surface area contributed by atoms with Crippen LogP contribution in [0.2, 0.25) is 0 Å². The quantitative estimate of drug-likeness (QED) is 0.594. The van der Waals surface area contributed by atoms with Crippen molar-refractivity contribution < 1.29 is 18.3 Å². The summed E-state index contributed by atoms with van der Waals surface area (Å²) in [5.41, 5.74) is 0.559. The van der Waals surface area contributed by atoms with E-state index in [1.165, 1.54) is 0 Å². The molecule has 0 saturated heterocycles. The molecule has 0 amide bonds. The normalized spacial score (nSPS) is 10.8. The average Bonchev–Trinajstić information content (AvgIpc) is 2.25. The Morgan fingerprint density at radius 2 is 1.94 bits per heavy atom. The standard InChI is InChI=1S/C11H11BrF2O2/c12-9-3-1-8(2-4-9)10(15)5-6-16-7-11(13)14/h1-4,11H,5-7H2. The minimum absolute atomic E-state index is 0.0270. The number of benzene rings is 1. The summed E-state index contributed by atoms with van der Waals surface area (Å²) >= 11 is 3.26. The molecule has 0 aromatic heterocycles. The number of ketones is 1. The highest BCUT2D eigenvalue weighted by molar-refractivity contribution is 9.10. The van der Waals surface area contributed by atoms with Crippen LogP contribution in [0, 0.1) is 0 Å². The van der Waals surface area contributed by atoms with Crippen molar-refractivity contribution in [2.24, 2.45) is 0 Å². The Labute approximate surface area is 101 Å². The van der Waals surface area contributed by atoms with Crippen LogP contribution in [0.15, 0.2) is 28.7 Å². The van der Waals surface area contributed by atoms with Gasteiger partial charge < -0.3 is 4.74 Å². The lowest BCUT2D eigenvalue weighted by molar-refractivity contribution is 0.0170. The first-order chi connectivity index (χ1) is 7.59. The number of rotatable bonds is 6. The van der Waals surface area contributed by atoms with Crippen molar-refractivity contribution in [2.45, 2.75) is 12.8 Å². The molecule has 1 rings (SSSR count). The van der Waals surface area contributed by atoms with E-state index >= 15 is 0 Å². The third-order valence-corrected chi connectivity index (χ3v) is 2.41. The first-order valence-electron chi connectivity index (χ1n) is 4.74. The predicted molar refractivity (Wildman–Crippen MR) is 59.9 cm³/mol. The first-order valence-corrected chi connectivity index (χ1v) is 5.53. The van der Waals surface area contributed by atoms with Crippen molar-refractivity contribution in [2.75, 3.05) is 13.2 Å². The lowest BCUT2D eigenvalue weighted by Gasteiger charge is -2.03. The highest BCUT2D eigenvalue weighted by atomic mass is 79.9. The highest BCUT2D eigenvalue weighted by Gasteiger charge is 2.07. The third kappa shape index (κ3) is 4.81. The molecule has 0 spiro atoms. The van der Waals surface area contributed by atoms with Gasteiger partial charge in [0.15, 0.2) is 5.78 Å². The summed E-state index contributed by atoms with van der Waals surface area (Å²) in [6.45, 7) is -0.590. The molecule has 88 valence electrons. The molecule has 0 aliphatic rings. The number of ether oxygens (including phenoxy) is 1. The van der Waals surface area contributed by atoms with E-state index in [0.29, 0.717) is 5.56 Å². The zero-order valence-electron chi connectivity index (χ0n) is 8.46. The summed E-state index contributed by atoms with van der Waals surface area (Å²) in [4.78, 5) is 11.5. The second-order valence-electron chi connectivity index (χ2n) is 3.15. The molecular weight excluding hydrogens is 282 g/mol. The van der Waals surface area contributed by atoms with Crippen molar-refractivity contribution >= 4 is 21.7 Å². The minimum atomic E-state index is -2.48. The van der Waals surface area contributed by atoms with E-state index in [0.717, 1.165) is 4.47 Å². The van der Waals surface area contributed by atoms with Crippen LogP contribution in [0.3, 0.4) is 0 Å². The second-order valence-corrected chi connectivity index (χ2v) is 4.06. The topological polar surface area (TPSA) is 26.3 Å². The lowest BCUT2D eigenvalue weighted by atomic mass is 10.1. The van der Waals surface area contributed by atoms with E-state index in [4.69, 9.17) is 0 Å². The molecule has 0 aliphatic heterocycles. The van der Waals surface area contributed by atoms with Crippen LogP contribution >= 0.6 is 15.9 Å². The summed E-state index contributed by atoms with van der Waals surface area (Å²) in [5, 5.41) is 0. The van der Waals surface area contributed by atoms with Crippen molar-refractivity contribution in [3.63, 3.8) is 0 Å². The van der Waals surface area contributed by atoms with Gasteiger partial charge in [0.1, 0.15) is 6.61 Å². The zero-order chi connectivity index (χ0) is 12.0. The molecule has 0 N–H and O–H groups in total. The van der Waals surface area contributed by atoms with E-state index in [9.17, 15) is 13.6 Å². The molecule has 0 atom stereocenters. The number of hydrogen-bond donors (Lipinski definition) is 0. The monoisotopic (exact) mass is 292 g/mol. The van der Waals surface area contributed by atoms with Gasteiger partial charge in [-0.25, -0.2) is 8.78 Å². The van der Waals surface area contributed by atoms with Gasteiger partial charge in [0.25, 0.3) is 6.43 Å². The highest BCUT2D eigenvalue weighted by Crippen LogP contribution is 2.12. The number of carbonyl (C=O) groups is 1. The maximum Gasteiger partial charge on any atom is 0.261 e. The molecule has 2 nitrogen and oxygen atoms in total. The summed E-state index contributed by atoms with van der Waals surface area (Å²) in [7, 11) is 0. The van der Waals surface area contributed by atoms with E-state index < -0.39 is 13.0 Å². The van der Waals surface area contributed by atoms with Gasteiger partial charge in [-0.1, -0.05) is 28.1 Å². The van der Waals surface area contributed by atoms with Crippen molar-refractivity contribution in [3.05, 3.63) is 34.3 Å². The molecule has 0 unspecified atom stereocenters. The predicted octanol–water partition coefficient (Wildman–Crippen LogP) is 3.30. The Morgan fingerprint density at radius 3 is 2.50 bits per heavy atom. The van der Waals surface area contributed by atoms with Gasteiger partial charge in [0.05, 0.1) is 6.61 Å². The second kappa shape index (κ2) is 6.70. The molecule has 1 aromatic rings. The van der Waals surface area contributed by atoms with Crippen LogP contribution in [0.25, 0.3) is 0 Å². The molecule has 0 aliphatic carbocycles. The van der Waals surface area contributed by atoms with Gasteiger partial charge >= 0.3 is 0 Å². The van der Waals surface area contributed by atoms with Gasteiger partial charge in [-0.2, -0.15) is 0 Å². The van der Waals surface area contributed by atoms with Gasteiger partial charge in [-0.15, -0.1) is 0 Å². The fourth-order valence-corrected chi connectivity index (χ4v) is 1.38. The van der Waals surface area contributed by atoms with E-state index in [1.807, 2.05) is 0 Å².